The van der Waals surface area contributed by atoms with Gasteiger partial charge in [0.25, 0.3) is 0 Å². The van der Waals surface area contributed by atoms with E-state index in [-0.39, 0.29) is 11.8 Å². The lowest BCUT2D eigenvalue weighted by Gasteiger charge is -2.61. The van der Waals surface area contributed by atoms with Crippen LogP contribution in [0.4, 0.5) is 0 Å². The zero-order valence-corrected chi connectivity index (χ0v) is 62.9. The van der Waals surface area contributed by atoms with Crippen LogP contribution in [-0.4, -0.2) is 111 Å². The molecule has 30 heteroatoms. The van der Waals surface area contributed by atoms with Crippen molar-refractivity contribution in [2.45, 2.75) is 49.9 Å². The Bertz CT molecular complexity index is 3960. The Hall–Kier alpha value is -6.35. The van der Waals surface area contributed by atoms with Gasteiger partial charge in [-0.15, -0.1) is 0 Å². The molecule has 12 aliphatic rings. The predicted octanol–water partition coefficient (Wildman–Crippen LogP) is 4.65. The molecular weight excluding hydrogens is 1420 g/mol. The van der Waals surface area contributed by atoms with Crippen molar-refractivity contribution in [3.05, 3.63) is 243 Å². The number of ether oxygens (including phenoxy) is 2. The Labute approximate surface area is 575 Å². The Morgan fingerprint density at radius 2 is 0.408 bits per heavy atom. The van der Waals surface area contributed by atoms with Crippen LogP contribution in [0.5, 0.6) is 0 Å². The Morgan fingerprint density at radius 1 is 0.235 bits per heavy atom. The number of benzene rings is 8. The number of fused-ring (bicyclic) bond motifs is 14. The minimum atomic E-state index is -5.47. The summed E-state index contributed by atoms with van der Waals surface area (Å²) in [4.78, 5) is 56.7. The summed E-state index contributed by atoms with van der Waals surface area (Å²) in [6.07, 6.45) is 1.75. The van der Waals surface area contributed by atoms with E-state index in [1.165, 1.54) is 0 Å². The summed E-state index contributed by atoms with van der Waals surface area (Å²) in [5.74, 6) is -6.81. The van der Waals surface area contributed by atoms with E-state index in [1.54, 1.807) is 0 Å². The van der Waals surface area contributed by atoms with Crippen molar-refractivity contribution >= 4 is 153 Å². The summed E-state index contributed by atoms with van der Waals surface area (Å²) in [7, 11) is -52.4. The maximum absolute atomic E-state index is 14.5. The molecule has 12 fully saturated rings. The van der Waals surface area contributed by atoms with Gasteiger partial charge >= 0.3 is 111 Å². The molecule has 0 spiro atoms. The topological polar surface area (TPSA) is 216 Å². The first-order valence-corrected chi connectivity index (χ1v) is 51.9. The fourth-order valence-corrected chi connectivity index (χ4v) is 77.0. The van der Waals surface area contributed by atoms with Gasteiger partial charge in [0.1, 0.15) is 0 Å². The average molecular weight is 1480 g/mol. The molecule has 0 aromatic heterocycles. The van der Waals surface area contributed by atoms with E-state index in [0.717, 1.165) is 0 Å². The van der Waals surface area contributed by atoms with Crippen LogP contribution in [0, 0.1) is 47.3 Å². The number of hydrogen-bond donors (Lipinski definition) is 0. The quantitative estimate of drug-likeness (QED) is 0.103. The fourth-order valence-electron chi connectivity index (χ4n) is 18.0. The third-order valence-electron chi connectivity index (χ3n) is 21.9. The third-order valence-corrected chi connectivity index (χ3v) is 66.5. The van der Waals surface area contributed by atoms with Crippen molar-refractivity contribution in [2.24, 2.45) is 47.3 Å². The van der Waals surface area contributed by atoms with Gasteiger partial charge in [-0.3, -0.25) is 19.2 Å². The second-order valence-electron chi connectivity index (χ2n) is 27.4. The minimum Gasteiger partial charge on any atom is -0.393 e. The highest BCUT2D eigenvalue weighted by molar-refractivity contribution is 7.13. The standard InChI is InChI=1S/C68H64O20Si10/c1-89(59-45-47-43-57(59)63-61(47)65(69)73-67(63)71)75-91(49-27-11-3-12-28-49)79-95(53-35-19-7-20-36-53)83-93(51-31-15-5-16-32-51)77-90(2,60-46-48-44-58(60)64-62(48)66(70)74-68(64)72)78-94(52-33-17-6-18-34-52)85-97(87-95,55-39-23-9-24-40-55)81-92(76-89,50-29-13-4-14-30-50)82-98(86-94,56-41-25-10-26-42-56)88-96(80-91,84-93)54-37-21-8-22-38-54/h3-42,47-48,57-64H,43-46H2,1-2H3. The zero-order chi connectivity index (χ0) is 66.1. The highest BCUT2D eigenvalue weighted by atomic mass is 28.6. The minimum absolute atomic E-state index is 0.298. The lowest BCUT2D eigenvalue weighted by atomic mass is 9.81. The summed E-state index contributed by atoms with van der Waals surface area (Å²) < 4.78 is 133. The molecule has 8 saturated heterocycles. The first-order chi connectivity index (χ1) is 47.5. The second-order valence-corrected chi connectivity index (χ2v) is 57.9. The number of carbonyl (C=O) groups excluding carboxylic acids is 4. The lowest BCUT2D eigenvalue weighted by Crippen LogP contribution is -2.93. The highest BCUT2D eigenvalue weighted by Gasteiger charge is 2.86. The summed E-state index contributed by atoms with van der Waals surface area (Å²) in [5.41, 5.74) is -1.26. The third kappa shape index (κ3) is 9.41. The molecule has 8 aromatic carbocycles. The molecule has 10 atom stereocenters. The van der Waals surface area contributed by atoms with E-state index in [1.807, 2.05) is 256 Å². The van der Waals surface area contributed by atoms with Crippen LogP contribution in [-0.2, 0) is 86.3 Å². The van der Waals surface area contributed by atoms with E-state index >= 15 is 0 Å². The van der Waals surface area contributed by atoms with Crippen LogP contribution >= 0.6 is 0 Å². The van der Waals surface area contributed by atoms with E-state index < -0.39 is 158 Å². The second kappa shape index (κ2) is 22.6. The van der Waals surface area contributed by atoms with Crippen molar-refractivity contribution in [3.63, 3.8) is 0 Å². The molecule has 0 N–H and O–H groups in total. The molecule has 4 saturated carbocycles. The van der Waals surface area contributed by atoms with Crippen LogP contribution in [0.2, 0.25) is 24.2 Å². The van der Waals surface area contributed by atoms with Crippen molar-refractivity contribution in [1.29, 1.82) is 0 Å². The SMILES string of the molecule is C[Si]1(C2CC3CC2C2C(=O)OC(=O)C32)O[Si]2(c3ccccc3)O[Si]3(c4ccccc4)O[Si]4(c5ccccc5)O[Si](c5ccccc5)(O[Si]5(c6ccccc6)O[Si](c6ccccc6)(O2)O[Si](c2ccccc2)(O3)O[Si](C)(C2CC3CC2C2C(=O)OC(=O)C32)O[Si](c2ccccc2)(O4)O5)O1. The van der Waals surface area contributed by atoms with Crippen molar-refractivity contribution in [1.82, 2.24) is 0 Å². The predicted molar refractivity (Wildman–Crippen MR) is 369 cm³/mol. The van der Waals surface area contributed by atoms with E-state index in [0.29, 0.717) is 67.2 Å². The van der Waals surface area contributed by atoms with E-state index in [9.17, 15) is 19.2 Å². The molecule has 20 nitrogen and oxygen atoms in total. The van der Waals surface area contributed by atoms with Gasteiger partial charge in [-0.25, -0.2) is 0 Å². The molecule has 0 amide bonds. The smallest absolute Gasteiger partial charge is 0.393 e. The molecule has 0 radical (unpaired) electrons. The van der Waals surface area contributed by atoms with Crippen LogP contribution in [0.3, 0.4) is 0 Å². The Morgan fingerprint density at radius 3 is 0.602 bits per heavy atom. The maximum Gasteiger partial charge on any atom is 0.515 e. The van der Waals surface area contributed by atoms with E-state index in [4.69, 9.17) is 67.1 Å². The van der Waals surface area contributed by atoms with Gasteiger partial charge in [-0.1, -0.05) is 243 Å². The summed E-state index contributed by atoms with van der Waals surface area (Å²) in [5, 5.41) is 3.37. The van der Waals surface area contributed by atoms with E-state index in [2.05, 4.69) is 0 Å². The zero-order valence-electron chi connectivity index (χ0n) is 52.9. The molecular formula is C68H64O20Si10. The van der Waals surface area contributed by atoms with Gasteiger partial charge in [0.15, 0.2) is 0 Å². The van der Waals surface area contributed by atoms with Crippen molar-refractivity contribution in [2.75, 3.05) is 0 Å². The van der Waals surface area contributed by atoms with Gasteiger partial charge in [-0.2, -0.15) is 0 Å². The monoisotopic (exact) mass is 1480 g/mol. The van der Waals surface area contributed by atoms with Crippen LogP contribution in [0.1, 0.15) is 25.7 Å². The van der Waals surface area contributed by atoms with Gasteiger partial charge in [0.05, 0.1) is 23.7 Å². The highest BCUT2D eigenvalue weighted by Crippen LogP contribution is 2.66. The number of cyclic esters (lactones) is 4. The first kappa shape index (κ1) is 62.6. The molecule has 4 aliphatic carbocycles. The molecule has 98 heavy (non-hydrogen) atoms. The lowest BCUT2D eigenvalue weighted by molar-refractivity contribution is -0.156. The molecule has 12 bridgehead atoms. The Balaban J connectivity index is 1.02. The Kier molecular flexibility index (Phi) is 14.4. The van der Waals surface area contributed by atoms with Gasteiger partial charge in [0, 0.05) is 52.6 Å². The van der Waals surface area contributed by atoms with Crippen molar-refractivity contribution in [3.8, 4) is 0 Å². The van der Waals surface area contributed by atoms with Gasteiger partial charge < -0.3 is 67.1 Å². The summed E-state index contributed by atoms with van der Waals surface area (Å²) in [6, 6.07) is 75.7. The van der Waals surface area contributed by atoms with Crippen LogP contribution < -0.4 is 41.5 Å². The van der Waals surface area contributed by atoms with Gasteiger partial charge in [0.2, 0.25) is 0 Å². The molecule has 8 heterocycles. The fraction of sp³-hybridized carbons (Fsp3) is 0.235. The van der Waals surface area contributed by atoms with Crippen LogP contribution in [0.15, 0.2) is 243 Å². The summed E-state index contributed by atoms with van der Waals surface area (Å²) >= 11 is 0. The van der Waals surface area contributed by atoms with Crippen molar-refractivity contribution < 1.29 is 86.3 Å². The number of esters is 4. The number of carbonyl (C=O) groups is 4. The molecule has 10 unspecified atom stereocenters. The number of hydrogen-bond acceptors (Lipinski definition) is 20. The molecule has 8 aromatic rings. The molecule has 8 aliphatic heterocycles. The largest absolute Gasteiger partial charge is 0.515 e. The molecule has 496 valence electrons. The first-order valence-electron chi connectivity index (χ1n) is 33.3. The number of rotatable bonds is 10. The summed E-state index contributed by atoms with van der Waals surface area (Å²) in [6.45, 7) is 3.97. The molecule has 20 rings (SSSR count). The van der Waals surface area contributed by atoms with Crippen LogP contribution in [0.25, 0.3) is 0 Å². The van der Waals surface area contributed by atoms with Gasteiger partial charge in [-0.05, 0) is 62.4 Å². The maximum atomic E-state index is 14.5. The normalized spacial score (nSPS) is 41.7. The average Bonchev–Trinajstić information content (AvgIpc) is 0.710.